The molecule has 2 aliphatic heterocycles. The van der Waals surface area contributed by atoms with Gasteiger partial charge >= 0.3 is 0 Å². The highest BCUT2D eigenvalue weighted by Gasteiger charge is 2.43. The van der Waals surface area contributed by atoms with Gasteiger partial charge in [0.2, 0.25) is 70.9 Å². The van der Waals surface area contributed by atoms with E-state index >= 15 is 28.8 Å². The largest absolute Gasteiger partial charge is 0.391 e. The van der Waals surface area contributed by atoms with Crippen LogP contribution in [0.15, 0.2) is 91.0 Å². The van der Waals surface area contributed by atoms with Crippen molar-refractivity contribution in [3.63, 3.8) is 0 Å². The fourth-order valence-electron chi connectivity index (χ4n) is 12.6. The van der Waals surface area contributed by atoms with E-state index in [4.69, 9.17) is 9.47 Å². The molecule has 0 spiro atoms. The molecule has 2 aliphatic rings. The monoisotopic (exact) mass is 1450 g/mol. The minimum absolute atomic E-state index is 0.00434. The molecule has 0 aliphatic carbocycles. The maximum absolute atomic E-state index is 15.4. The number of aliphatic hydroxyl groups excluding tert-OH is 1. The Morgan fingerprint density at radius 2 is 0.856 bits per heavy atom. The van der Waals surface area contributed by atoms with E-state index in [2.05, 4.69) is 21.3 Å². The fraction of sp³-hybridized carbons (Fsp3) is 0.610. The van der Waals surface area contributed by atoms with Gasteiger partial charge in [0.05, 0.1) is 51.0 Å². The summed E-state index contributed by atoms with van der Waals surface area (Å²) in [7, 11) is 9.55. The molecule has 574 valence electrons. The van der Waals surface area contributed by atoms with Crippen molar-refractivity contribution in [2.24, 2.45) is 17.8 Å². The van der Waals surface area contributed by atoms with Gasteiger partial charge < -0.3 is 75.0 Å². The van der Waals surface area contributed by atoms with Crippen LogP contribution in [-0.4, -0.2) is 270 Å². The van der Waals surface area contributed by atoms with E-state index in [9.17, 15) is 33.9 Å². The average molecular weight is 1450 g/mol. The highest BCUT2D eigenvalue weighted by Crippen LogP contribution is 2.23. The van der Waals surface area contributed by atoms with Gasteiger partial charge in [0.25, 0.3) is 0 Å². The molecule has 2 heterocycles. The molecule has 10 atom stereocenters. The second-order valence-corrected chi connectivity index (χ2v) is 30.1. The number of aliphatic hydroxyl groups is 1. The molecule has 12 amide bonds. The number of piperidine rings is 1. The summed E-state index contributed by atoms with van der Waals surface area (Å²) in [6, 6.07) is 13.8. The number of nitrogens with zero attached hydrogens (tertiary/aromatic N) is 8. The van der Waals surface area contributed by atoms with E-state index < -0.39 is 170 Å². The van der Waals surface area contributed by atoms with Gasteiger partial charge in [0.1, 0.15) is 54.4 Å². The van der Waals surface area contributed by atoms with Crippen LogP contribution in [-0.2, 0) is 86.5 Å². The molecule has 27 heteroatoms. The minimum atomic E-state index is -1.70. The van der Waals surface area contributed by atoms with Crippen molar-refractivity contribution in [1.29, 1.82) is 0 Å². The van der Waals surface area contributed by atoms with Gasteiger partial charge in [-0.1, -0.05) is 133 Å². The summed E-state index contributed by atoms with van der Waals surface area (Å²) in [5.74, 6) is -9.95. The number of benzene rings is 3. The van der Waals surface area contributed by atoms with Crippen molar-refractivity contribution < 1.29 is 72.1 Å². The average Bonchev–Trinajstić information content (AvgIpc) is 0.823. The number of carbonyl (C=O) groups excluding carboxylic acids is 12. The number of nitrogens with one attached hydrogen (secondary N) is 4. The zero-order valence-corrected chi connectivity index (χ0v) is 64.2. The molecule has 27 nitrogen and oxygen atoms in total. The van der Waals surface area contributed by atoms with Crippen LogP contribution in [0.2, 0.25) is 0 Å². The van der Waals surface area contributed by atoms with Crippen LogP contribution < -0.4 is 21.3 Å². The van der Waals surface area contributed by atoms with Crippen LogP contribution in [0.25, 0.3) is 0 Å². The van der Waals surface area contributed by atoms with Crippen molar-refractivity contribution in [2.45, 2.75) is 200 Å². The van der Waals surface area contributed by atoms with Gasteiger partial charge in [-0.15, -0.1) is 0 Å². The molecule has 3 aromatic rings. The third-order valence-electron chi connectivity index (χ3n) is 18.9. The molecule has 2 fully saturated rings. The minimum Gasteiger partial charge on any atom is -0.391 e. The molecular formula is C77H116N12O15. The van der Waals surface area contributed by atoms with Crippen LogP contribution in [0.4, 0.5) is 0 Å². The number of carbonyl (C=O) groups is 12. The number of likely N-dealkylation sites (N-methyl/N-ethyl adjacent to an activating group) is 7. The number of hydrogen-bond donors (Lipinski definition) is 5. The first-order chi connectivity index (χ1) is 48.9. The van der Waals surface area contributed by atoms with Crippen LogP contribution in [0.1, 0.15) is 131 Å². The summed E-state index contributed by atoms with van der Waals surface area (Å²) < 4.78 is 12.3. The third-order valence-corrected chi connectivity index (χ3v) is 18.9. The van der Waals surface area contributed by atoms with Crippen molar-refractivity contribution >= 4 is 70.9 Å². The van der Waals surface area contributed by atoms with Crippen LogP contribution in [0.5, 0.6) is 0 Å². The van der Waals surface area contributed by atoms with E-state index in [1.54, 1.807) is 111 Å². The smallest absolute Gasteiger partial charge is 0.248 e. The summed E-state index contributed by atoms with van der Waals surface area (Å²) in [4.78, 5) is 189. The number of likely N-dealkylation sites (tertiary alicyclic amines) is 1. The first-order valence-corrected chi connectivity index (χ1v) is 36.2. The molecule has 104 heavy (non-hydrogen) atoms. The number of hydrogen-bond acceptors (Lipinski definition) is 15. The van der Waals surface area contributed by atoms with Gasteiger partial charge in [-0.05, 0) is 101 Å². The number of rotatable bonds is 18. The lowest BCUT2D eigenvalue weighted by Gasteiger charge is -2.37. The number of ether oxygens (including phenoxy) is 2. The Morgan fingerprint density at radius 1 is 0.462 bits per heavy atom. The molecule has 2 saturated heterocycles. The van der Waals surface area contributed by atoms with E-state index in [0.29, 0.717) is 37.1 Å². The van der Waals surface area contributed by atoms with E-state index in [1.165, 1.54) is 66.1 Å². The summed E-state index contributed by atoms with van der Waals surface area (Å²) in [5, 5.41) is 22.5. The van der Waals surface area contributed by atoms with Gasteiger partial charge in [-0.2, -0.15) is 0 Å². The molecular weight excluding hydrogens is 1330 g/mol. The Bertz CT molecular complexity index is 3370. The summed E-state index contributed by atoms with van der Waals surface area (Å²) in [6.45, 7) is 16.0. The Balaban J connectivity index is 1.69. The summed E-state index contributed by atoms with van der Waals surface area (Å²) in [6.07, 6.45) is -0.0851. The lowest BCUT2D eigenvalue weighted by atomic mass is 9.98. The zero-order chi connectivity index (χ0) is 77.4. The van der Waals surface area contributed by atoms with Crippen molar-refractivity contribution in [1.82, 2.24) is 60.5 Å². The Hall–Kier alpha value is -8.82. The predicted octanol–water partition coefficient (Wildman–Crippen LogP) is 3.43. The molecule has 0 radical (unpaired) electrons. The molecule has 5 N–H and O–H groups in total. The topological polar surface area (TPSA) is 318 Å². The molecule has 0 bridgehead atoms. The fourth-order valence-corrected chi connectivity index (χ4v) is 12.6. The lowest BCUT2D eigenvalue weighted by Crippen LogP contribution is -2.62. The van der Waals surface area contributed by atoms with Gasteiger partial charge in [-0.25, -0.2) is 0 Å². The lowest BCUT2D eigenvalue weighted by molar-refractivity contribution is -0.151. The number of amides is 12. The molecule has 3 aromatic carbocycles. The molecule has 0 aromatic heterocycles. The van der Waals surface area contributed by atoms with Crippen LogP contribution in [0, 0.1) is 17.8 Å². The molecule has 0 saturated carbocycles. The predicted molar refractivity (Wildman–Crippen MR) is 393 cm³/mol. The van der Waals surface area contributed by atoms with Crippen molar-refractivity contribution in [3.8, 4) is 0 Å². The maximum Gasteiger partial charge on any atom is 0.248 e. The van der Waals surface area contributed by atoms with Gasteiger partial charge in [0.15, 0.2) is 0 Å². The first-order valence-electron chi connectivity index (χ1n) is 36.2. The zero-order valence-electron chi connectivity index (χ0n) is 64.2. The van der Waals surface area contributed by atoms with Gasteiger partial charge in [0, 0.05) is 75.3 Å². The maximum atomic E-state index is 15.4. The summed E-state index contributed by atoms with van der Waals surface area (Å²) >= 11 is 0. The van der Waals surface area contributed by atoms with Crippen molar-refractivity contribution in [2.75, 3.05) is 88.7 Å². The van der Waals surface area contributed by atoms with Crippen molar-refractivity contribution in [3.05, 3.63) is 108 Å². The molecule has 5 rings (SSSR count). The standard InChI is InChI=1S/C77H116N12O15/c1-49(2)38-59-68(94)78-56(74(100)89-36-28-21-29-37-89)43-64(91)82(11)44-65(92)84(13)62(41-53-30-22-18-23-31-53)70(96)79-57(47-103-46-55-34-26-20-27-35-55)72(98)87(16)61(40-51(5)6)71(97)81-67(52(7)90)76(102)83(12)45-66(93)85(14)63(42-54-32-24-19-25-33-54)75(101)88(17)60(39-50(3)4)69(95)80-58(73(99)86(59)15)48-104-77(8,9)10/h18-20,22-27,30-35,49-52,56-63,67,90H,21,28-29,36-48H2,1-17H3,(H,78,94)(H,79,96)(H,80,95)(H,81,97)/t52-,56+,57+,58+,59+,60+,61+,62+,63+,67+/m1/s1. The van der Waals surface area contributed by atoms with E-state index in [-0.39, 0.29) is 56.5 Å². The normalized spacial score (nSPS) is 23.9. The SMILES string of the molecule is CC(C)C[C@H]1C(=O)N[C@@H]([C@@H](C)O)C(=O)N(C)CC(=O)N(C)[C@@H](Cc2ccccc2)C(=O)N(C)[C@@H](CC(C)C)C(=O)N[C@@H](COC(C)(C)C)C(=O)N(C)[C@@H](CC(C)C)C(=O)N[C@H](C(=O)N2CCCCC2)CC(=O)N(C)CC(=O)N(C)[C@@H](Cc2ccccc2)C(=O)N[C@@H](COCc2ccccc2)C(=O)N1C. The van der Waals surface area contributed by atoms with Crippen LogP contribution in [0.3, 0.4) is 0 Å². The summed E-state index contributed by atoms with van der Waals surface area (Å²) in [5.41, 5.74) is 1.12. The second kappa shape index (κ2) is 40.5. The van der Waals surface area contributed by atoms with E-state index in [0.717, 1.165) is 36.5 Å². The quantitative estimate of drug-likeness (QED) is 0.122. The highest BCUT2D eigenvalue weighted by molar-refractivity contribution is 6.00. The molecule has 0 unspecified atom stereocenters. The third kappa shape index (κ3) is 25.8. The van der Waals surface area contributed by atoms with E-state index in [1.807, 2.05) is 47.6 Å². The highest BCUT2D eigenvalue weighted by atomic mass is 16.5. The Kier molecular flexibility index (Phi) is 33.4. The second-order valence-electron chi connectivity index (χ2n) is 30.1. The first kappa shape index (κ1) is 85.8. The van der Waals surface area contributed by atoms with Gasteiger partial charge in [-0.3, -0.25) is 57.5 Å². The van der Waals surface area contributed by atoms with Crippen LogP contribution >= 0.6 is 0 Å². The Labute approximate surface area is 614 Å². The Morgan fingerprint density at radius 3 is 1.31 bits per heavy atom.